The molecule has 0 aliphatic heterocycles. The van der Waals surface area contributed by atoms with Crippen molar-refractivity contribution in [3.63, 3.8) is 0 Å². The molecule has 2 nitrogen and oxygen atoms in total. The highest BCUT2D eigenvalue weighted by Gasteiger charge is 2.37. The lowest BCUT2D eigenvalue weighted by atomic mass is 9.90. The second-order valence-corrected chi connectivity index (χ2v) is 5.96. The normalized spacial score (nSPS) is 15.6. The maximum atomic E-state index is 13.0. The van der Waals surface area contributed by atoms with Crippen molar-refractivity contribution in [2.75, 3.05) is 11.9 Å². The van der Waals surface area contributed by atoms with E-state index < -0.39 is 17.6 Å². The number of nitrogens with zero attached hydrogens (tertiary/aromatic N) is 1. The number of carbonyl (C=O) groups is 1. The van der Waals surface area contributed by atoms with Crippen LogP contribution >= 0.6 is 15.9 Å². The molecule has 0 heterocycles. The number of halogens is 4. The van der Waals surface area contributed by atoms with Crippen molar-refractivity contribution in [1.29, 1.82) is 0 Å². The molecule has 0 bridgehead atoms. The van der Waals surface area contributed by atoms with Gasteiger partial charge in [-0.2, -0.15) is 13.2 Å². The Bertz CT molecular complexity index is 500. The summed E-state index contributed by atoms with van der Waals surface area (Å²) in [5.74, 6) is -0.506. The Morgan fingerprint density at radius 2 is 1.95 bits per heavy atom. The first kappa shape index (κ1) is 16.3. The Morgan fingerprint density at radius 1 is 1.29 bits per heavy atom. The molecule has 1 aromatic rings. The number of amides is 1. The van der Waals surface area contributed by atoms with Gasteiger partial charge in [-0.1, -0.05) is 28.1 Å². The van der Waals surface area contributed by atoms with Crippen LogP contribution in [0, 0.1) is 0 Å². The zero-order chi connectivity index (χ0) is 15.5. The van der Waals surface area contributed by atoms with Crippen LogP contribution < -0.4 is 0 Å². The van der Waals surface area contributed by atoms with Crippen molar-refractivity contribution in [3.05, 3.63) is 35.4 Å². The zero-order valence-corrected chi connectivity index (χ0v) is 13.1. The molecule has 0 saturated heterocycles. The summed E-state index contributed by atoms with van der Waals surface area (Å²) in [5, 5.41) is 0.727. The summed E-state index contributed by atoms with van der Waals surface area (Å²) in [6.45, 7) is 0.487. The van der Waals surface area contributed by atoms with E-state index in [2.05, 4.69) is 15.9 Å². The van der Waals surface area contributed by atoms with Crippen molar-refractivity contribution in [2.45, 2.75) is 37.9 Å². The number of hydrogen-bond acceptors (Lipinski definition) is 1. The standard InChI is InChI=1S/C15H17BrF3NO/c16-9-4-10-20(11-5-3-6-11)14(21)12-7-1-2-8-13(12)15(17,18)19/h1-2,7-8,11H,3-6,9-10H2. The summed E-state index contributed by atoms with van der Waals surface area (Å²) >= 11 is 3.30. The van der Waals surface area contributed by atoms with E-state index in [4.69, 9.17) is 0 Å². The second kappa shape index (κ2) is 6.81. The molecule has 6 heteroatoms. The minimum atomic E-state index is -4.51. The van der Waals surface area contributed by atoms with Crippen LogP contribution in [0.1, 0.15) is 41.6 Å². The molecule has 0 aromatic heterocycles. The predicted molar refractivity (Wildman–Crippen MR) is 78.5 cm³/mol. The van der Waals surface area contributed by atoms with Crippen LogP contribution in [-0.2, 0) is 6.18 Å². The molecule has 1 aliphatic rings. The number of rotatable bonds is 5. The van der Waals surface area contributed by atoms with E-state index in [9.17, 15) is 18.0 Å². The summed E-state index contributed by atoms with van der Waals surface area (Å²) in [6, 6.07) is 5.11. The number of carbonyl (C=O) groups excluding carboxylic acids is 1. The zero-order valence-electron chi connectivity index (χ0n) is 11.5. The van der Waals surface area contributed by atoms with Gasteiger partial charge in [-0.3, -0.25) is 4.79 Å². The van der Waals surface area contributed by atoms with E-state index in [1.807, 2.05) is 0 Å². The molecule has 1 amide bonds. The molecule has 21 heavy (non-hydrogen) atoms. The Hall–Kier alpha value is -1.04. The average molecular weight is 364 g/mol. The Kier molecular flexibility index (Phi) is 5.30. The highest BCUT2D eigenvalue weighted by atomic mass is 79.9. The number of hydrogen-bond donors (Lipinski definition) is 0. The van der Waals surface area contributed by atoms with Crippen LogP contribution in [0.15, 0.2) is 24.3 Å². The van der Waals surface area contributed by atoms with E-state index in [0.29, 0.717) is 6.54 Å². The van der Waals surface area contributed by atoms with Gasteiger partial charge in [0, 0.05) is 17.9 Å². The smallest absolute Gasteiger partial charge is 0.336 e. The summed E-state index contributed by atoms with van der Waals surface area (Å²) in [4.78, 5) is 14.2. The number of benzene rings is 1. The van der Waals surface area contributed by atoms with Crippen molar-refractivity contribution in [2.24, 2.45) is 0 Å². The van der Waals surface area contributed by atoms with E-state index in [1.54, 1.807) is 4.90 Å². The average Bonchev–Trinajstić information content (AvgIpc) is 2.39. The van der Waals surface area contributed by atoms with Gasteiger partial charge in [-0.15, -0.1) is 0 Å². The van der Waals surface area contributed by atoms with Crippen molar-refractivity contribution < 1.29 is 18.0 Å². The Balaban J connectivity index is 2.28. The first-order chi connectivity index (χ1) is 9.95. The van der Waals surface area contributed by atoms with E-state index in [1.165, 1.54) is 18.2 Å². The highest BCUT2D eigenvalue weighted by Crippen LogP contribution is 2.34. The van der Waals surface area contributed by atoms with Crippen LogP contribution in [0.4, 0.5) is 13.2 Å². The molecule has 0 spiro atoms. The molecule has 2 rings (SSSR count). The summed E-state index contributed by atoms with van der Waals surface area (Å²) in [6.07, 6.45) is -0.989. The van der Waals surface area contributed by atoms with Gasteiger partial charge >= 0.3 is 6.18 Å². The molecule has 0 N–H and O–H groups in total. The molecular weight excluding hydrogens is 347 g/mol. The fourth-order valence-electron chi connectivity index (χ4n) is 2.45. The lowest BCUT2D eigenvalue weighted by molar-refractivity contribution is -0.138. The SMILES string of the molecule is O=C(c1ccccc1C(F)(F)F)N(CCCBr)C1CCC1. The molecule has 0 radical (unpaired) electrons. The van der Waals surface area contributed by atoms with Gasteiger partial charge in [0.25, 0.3) is 5.91 Å². The van der Waals surface area contributed by atoms with Gasteiger partial charge in [-0.25, -0.2) is 0 Å². The quantitative estimate of drug-likeness (QED) is 0.706. The topological polar surface area (TPSA) is 20.3 Å². The lowest BCUT2D eigenvalue weighted by Gasteiger charge is -2.38. The summed E-state index contributed by atoms with van der Waals surface area (Å²) < 4.78 is 39.1. The van der Waals surface area contributed by atoms with Gasteiger partial charge in [-0.05, 0) is 37.8 Å². The molecule has 0 atom stereocenters. The number of alkyl halides is 4. The maximum Gasteiger partial charge on any atom is 0.417 e. The first-order valence-electron chi connectivity index (χ1n) is 6.98. The third-order valence-corrected chi connectivity index (χ3v) is 4.33. The van der Waals surface area contributed by atoms with Crippen molar-refractivity contribution in [3.8, 4) is 0 Å². The van der Waals surface area contributed by atoms with Gasteiger partial charge in [0.05, 0.1) is 11.1 Å². The highest BCUT2D eigenvalue weighted by molar-refractivity contribution is 9.09. The Morgan fingerprint density at radius 3 is 2.48 bits per heavy atom. The van der Waals surface area contributed by atoms with Crippen LogP contribution in [0.2, 0.25) is 0 Å². The van der Waals surface area contributed by atoms with E-state index >= 15 is 0 Å². The monoisotopic (exact) mass is 363 g/mol. The van der Waals surface area contributed by atoms with Gasteiger partial charge in [0.15, 0.2) is 0 Å². The molecule has 0 unspecified atom stereocenters. The lowest BCUT2D eigenvalue weighted by Crippen LogP contribution is -2.45. The van der Waals surface area contributed by atoms with Crippen LogP contribution in [0.3, 0.4) is 0 Å². The molecule has 1 fully saturated rings. The van der Waals surface area contributed by atoms with E-state index in [0.717, 1.165) is 37.1 Å². The fraction of sp³-hybridized carbons (Fsp3) is 0.533. The van der Waals surface area contributed by atoms with Gasteiger partial charge < -0.3 is 4.90 Å². The minimum absolute atomic E-state index is 0.0813. The van der Waals surface area contributed by atoms with Crippen molar-refractivity contribution >= 4 is 21.8 Å². The van der Waals surface area contributed by atoms with E-state index in [-0.39, 0.29) is 11.6 Å². The van der Waals surface area contributed by atoms with Crippen molar-refractivity contribution in [1.82, 2.24) is 4.90 Å². The molecule has 116 valence electrons. The predicted octanol–water partition coefficient (Wildman–Crippen LogP) is 4.49. The van der Waals surface area contributed by atoms with Crippen LogP contribution in [-0.4, -0.2) is 28.7 Å². The Labute approximate surface area is 130 Å². The third-order valence-electron chi connectivity index (χ3n) is 3.77. The first-order valence-corrected chi connectivity index (χ1v) is 8.10. The largest absolute Gasteiger partial charge is 0.417 e. The van der Waals surface area contributed by atoms with Gasteiger partial charge in [0.2, 0.25) is 0 Å². The molecule has 1 saturated carbocycles. The summed E-state index contributed by atoms with van der Waals surface area (Å²) in [5.41, 5.74) is -1.09. The second-order valence-electron chi connectivity index (χ2n) is 5.17. The minimum Gasteiger partial charge on any atom is -0.336 e. The fourth-order valence-corrected chi connectivity index (χ4v) is 2.70. The van der Waals surface area contributed by atoms with Gasteiger partial charge in [0.1, 0.15) is 0 Å². The van der Waals surface area contributed by atoms with Crippen LogP contribution in [0.25, 0.3) is 0 Å². The maximum absolute atomic E-state index is 13.0. The molecular formula is C15H17BrF3NO. The molecule has 1 aromatic carbocycles. The summed E-state index contributed by atoms with van der Waals surface area (Å²) in [7, 11) is 0. The molecule has 1 aliphatic carbocycles. The van der Waals surface area contributed by atoms with Crippen LogP contribution in [0.5, 0.6) is 0 Å². The third kappa shape index (κ3) is 3.78.